The van der Waals surface area contributed by atoms with Gasteiger partial charge in [-0.25, -0.2) is 8.42 Å². The minimum absolute atomic E-state index is 0.0939. The van der Waals surface area contributed by atoms with Gasteiger partial charge in [-0.3, -0.25) is 19.2 Å². The Hall–Kier alpha value is -3.72. The molecule has 1 N–H and O–H groups in total. The molecule has 8 nitrogen and oxygen atoms in total. The molecule has 0 spiro atoms. The van der Waals surface area contributed by atoms with E-state index in [0.717, 1.165) is 4.31 Å². The molecule has 0 fully saturated rings. The third-order valence-electron chi connectivity index (χ3n) is 4.20. The van der Waals surface area contributed by atoms with Crippen LogP contribution in [0, 0.1) is 10.1 Å². The minimum Gasteiger partial charge on any atom is -0.322 e. The number of benzene rings is 3. The van der Waals surface area contributed by atoms with Crippen LogP contribution in [0.4, 0.5) is 17.1 Å². The summed E-state index contributed by atoms with van der Waals surface area (Å²) in [6, 6.07) is 19.6. The molecule has 0 saturated carbocycles. The summed E-state index contributed by atoms with van der Waals surface area (Å²) >= 11 is 0. The van der Waals surface area contributed by atoms with Gasteiger partial charge in [0, 0.05) is 24.9 Å². The van der Waals surface area contributed by atoms with Crippen molar-refractivity contribution in [2.24, 2.45) is 0 Å². The lowest BCUT2D eigenvalue weighted by Gasteiger charge is -2.22. The predicted molar refractivity (Wildman–Crippen MR) is 110 cm³/mol. The Kier molecular flexibility index (Phi) is 5.60. The fourth-order valence-corrected chi connectivity index (χ4v) is 3.95. The van der Waals surface area contributed by atoms with Crippen molar-refractivity contribution in [1.29, 1.82) is 0 Å². The number of non-ortho nitro benzene ring substituents is 1. The van der Waals surface area contributed by atoms with E-state index >= 15 is 0 Å². The molecule has 0 aliphatic heterocycles. The van der Waals surface area contributed by atoms with E-state index in [9.17, 15) is 23.3 Å². The summed E-state index contributed by atoms with van der Waals surface area (Å²) in [5.41, 5.74) is 0.354. The zero-order valence-corrected chi connectivity index (χ0v) is 16.2. The van der Waals surface area contributed by atoms with Crippen LogP contribution in [0.25, 0.3) is 0 Å². The summed E-state index contributed by atoms with van der Waals surface area (Å²) in [6.07, 6.45) is 0. The number of hydrogen-bond acceptors (Lipinski definition) is 5. The molecule has 29 heavy (non-hydrogen) atoms. The maximum absolute atomic E-state index is 12.9. The smallest absolute Gasteiger partial charge is 0.271 e. The van der Waals surface area contributed by atoms with Gasteiger partial charge in [0.25, 0.3) is 21.6 Å². The molecular weight excluding hydrogens is 394 g/mol. The second-order valence-corrected chi connectivity index (χ2v) is 8.03. The van der Waals surface area contributed by atoms with Gasteiger partial charge in [0.15, 0.2) is 0 Å². The summed E-state index contributed by atoms with van der Waals surface area (Å²) in [6.45, 7) is 0. The van der Waals surface area contributed by atoms with Crippen LogP contribution in [0.1, 0.15) is 10.4 Å². The highest BCUT2D eigenvalue weighted by Crippen LogP contribution is 2.27. The van der Waals surface area contributed by atoms with E-state index in [4.69, 9.17) is 0 Å². The first-order valence-electron chi connectivity index (χ1n) is 8.49. The average molecular weight is 411 g/mol. The lowest BCUT2D eigenvalue weighted by Crippen LogP contribution is -2.29. The largest absolute Gasteiger partial charge is 0.322 e. The van der Waals surface area contributed by atoms with Crippen molar-refractivity contribution in [2.75, 3.05) is 16.7 Å². The maximum Gasteiger partial charge on any atom is 0.271 e. The van der Waals surface area contributed by atoms with Crippen LogP contribution in [0.5, 0.6) is 0 Å². The number of nitro groups is 1. The first-order valence-corrected chi connectivity index (χ1v) is 9.93. The van der Waals surface area contributed by atoms with E-state index in [1.54, 1.807) is 30.3 Å². The Bertz CT molecular complexity index is 1160. The molecule has 0 radical (unpaired) electrons. The first-order chi connectivity index (χ1) is 13.8. The molecule has 0 saturated heterocycles. The minimum atomic E-state index is -3.87. The molecule has 3 aromatic carbocycles. The summed E-state index contributed by atoms with van der Waals surface area (Å²) in [7, 11) is -2.51. The van der Waals surface area contributed by atoms with Crippen molar-refractivity contribution in [1.82, 2.24) is 0 Å². The highest BCUT2D eigenvalue weighted by Gasteiger charge is 2.25. The normalized spacial score (nSPS) is 10.9. The zero-order valence-electron chi connectivity index (χ0n) is 15.3. The molecule has 0 bridgehead atoms. The van der Waals surface area contributed by atoms with Crippen molar-refractivity contribution in [3.8, 4) is 0 Å². The Morgan fingerprint density at radius 1 is 0.966 bits per heavy atom. The fourth-order valence-electron chi connectivity index (χ4n) is 2.72. The number of amides is 1. The van der Waals surface area contributed by atoms with Gasteiger partial charge < -0.3 is 5.32 Å². The molecule has 9 heteroatoms. The van der Waals surface area contributed by atoms with Crippen LogP contribution in [-0.4, -0.2) is 26.3 Å². The number of carbonyl (C=O) groups excluding carboxylic acids is 1. The summed E-state index contributed by atoms with van der Waals surface area (Å²) < 4.78 is 26.8. The molecule has 0 unspecified atom stereocenters. The Morgan fingerprint density at radius 2 is 1.62 bits per heavy atom. The molecule has 0 aliphatic carbocycles. The van der Waals surface area contributed by atoms with Crippen LogP contribution in [0.15, 0.2) is 83.8 Å². The van der Waals surface area contributed by atoms with Crippen molar-refractivity contribution in [3.63, 3.8) is 0 Å². The third-order valence-corrected chi connectivity index (χ3v) is 5.99. The van der Waals surface area contributed by atoms with E-state index < -0.39 is 20.9 Å². The van der Waals surface area contributed by atoms with E-state index in [-0.39, 0.29) is 27.5 Å². The zero-order chi connectivity index (χ0) is 21.0. The molecule has 0 heterocycles. The molecule has 1 amide bonds. The Balaban J connectivity index is 1.94. The Labute approximate surface area is 167 Å². The van der Waals surface area contributed by atoms with E-state index in [1.165, 1.54) is 55.6 Å². The number of hydrogen-bond donors (Lipinski definition) is 1. The van der Waals surface area contributed by atoms with Crippen LogP contribution in [0.3, 0.4) is 0 Å². The molecule has 148 valence electrons. The highest BCUT2D eigenvalue weighted by atomic mass is 32.2. The van der Waals surface area contributed by atoms with Crippen LogP contribution in [-0.2, 0) is 10.0 Å². The van der Waals surface area contributed by atoms with Gasteiger partial charge >= 0.3 is 0 Å². The van der Waals surface area contributed by atoms with E-state index in [0.29, 0.717) is 0 Å². The summed E-state index contributed by atoms with van der Waals surface area (Å²) in [5.74, 6) is -0.587. The molecular formula is C20H17N3O5S. The van der Waals surface area contributed by atoms with Crippen molar-refractivity contribution < 1.29 is 18.1 Å². The lowest BCUT2D eigenvalue weighted by atomic mass is 10.1. The topological polar surface area (TPSA) is 110 Å². The monoisotopic (exact) mass is 411 g/mol. The first kappa shape index (κ1) is 20.0. The van der Waals surface area contributed by atoms with Crippen LogP contribution >= 0.6 is 0 Å². The fraction of sp³-hybridized carbons (Fsp3) is 0.0500. The standard InChI is InChI=1S/C20H17N3O5S/c1-22(29(27,28)17-10-3-2-4-11-17)19-13-6-5-12-18(19)20(24)21-15-8-7-9-16(14-15)23(25)26/h2-14H,1H3,(H,21,24). The van der Waals surface area contributed by atoms with Gasteiger partial charge in [-0.1, -0.05) is 36.4 Å². The van der Waals surface area contributed by atoms with Crippen LogP contribution in [0.2, 0.25) is 0 Å². The molecule has 3 aromatic rings. The van der Waals surface area contributed by atoms with Crippen molar-refractivity contribution >= 4 is 33.0 Å². The quantitative estimate of drug-likeness (QED) is 0.492. The maximum atomic E-state index is 12.9. The second kappa shape index (κ2) is 8.11. The number of rotatable bonds is 6. The molecule has 3 rings (SSSR count). The number of anilines is 2. The van der Waals surface area contributed by atoms with Crippen molar-refractivity contribution in [2.45, 2.75) is 4.90 Å². The van der Waals surface area contributed by atoms with Crippen LogP contribution < -0.4 is 9.62 Å². The van der Waals surface area contributed by atoms with Gasteiger partial charge in [-0.15, -0.1) is 0 Å². The highest BCUT2D eigenvalue weighted by molar-refractivity contribution is 7.92. The van der Waals surface area contributed by atoms with Gasteiger partial charge in [-0.2, -0.15) is 0 Å². The number of para-hydroxylation sites is 1. The summed E-state index contributed by atoms with van der Waals surface area (Å²) in [4.78, 5) is 23.2. The second-order valence-electron chi connectivity index (χ2n) is 6.06. The summed E-state index contributed by atoms with van der Waals surface area (Å²) in [5, 5.41) is 13.5. The molecule has 0 atom stereocenters. The van der Waals surface area contributed by atoms with E-state index in [2.05, 4.69) is 5.32 Å². The SMILES string of the molecule is CN(c1ccccc1C(=O)Nc1cccc([N+](=O)[O-])c1)S(=O)(=O)c1ccccc1. The Morgan fingerprint density at radius 3 is 2.31 bits per heavy atom. The van der Waals surface area contributed by atoms with Gasteiger partial charge in [0.05, 0.1) is 21.1 Å². The number of nitrogens with one attached hydrogen (secondary N) is 1. The average Bonchev–Trinajstić information content (AvgIpc) is 2.74. The number of sulfonamides is 1. The number of nitro benzene ring substituents is 1. The van der Waals surface area contributed by atoms with Gasteiger partial charge in [-0.05, 0) is 30.3 Å². The lowest BCUT2D eigenvalue weighted by molar-refractivity contribution is -0.384. The van der Waals surface area contributed by atoms with Gasteiger partial charge in [0.2, 0.25) is 0 Å². The predicted octanol–water partition coefficient (Wildman–Crippen LogP) is 3.67. The van der Waals surface area contributed by atoms with Crippen molar-refractivity contribution in [3.05, 3.63) is 94.5 Å². The van der Waals surface area contributed by atoms with E-state index in [1.807, 2.05) is 0 Å². The number of carbonyl (C=O) groups is 1. The number of nitrogens with zero attached hydrogens (tertiary/aromatic N) is 2. The third kappa shape index (κ3) is 4.25. The molecule has 0 aliphatic rings. The molecule has 0 aromatic heterocycles. The van der Waals surface area contributed by atoms with Gasteiger partial charge in [0.1, 0.15) is 0 Å².